The highest BCUT2D eigenvalue weighted by atomic mass is 16.5. The number of benzene rings is 5. The van der Waals surface area contributed by atoms with Crippen molar-refractivity contribution in [2.75, 3.05) is 31.1 Å². The molecular weight excluding hydrogens is 628 g/mol. The summed E-state index contributed by atoms with van der Waals surface area (Å²) < 4.78 is 21.2. The van der Waals surface area contributed by atoms with Gasteiger partial charge in [0.15, 0.2) is 0 Å². The Bertz CT molecular complexity index is 2520. The second-order valence-corrected chi connectivity index (χ2v) is 12.1. The quantitative estimate of drug-likeness (QED) is 0.0674. The first-order chi connectivity index (χ1) is 24.4. The third-order valence-corrected chi connectivity index (χ3v) is 9.54. The summed E-state index contributed by atoms with van der Waals surface area (Å²) >= 11 is 0. The summed E-state index contributed by atoms with van der Waals surface area (Å²) in [5, 5.41) is 14.4. The number of aromatic carboxylic acids is 1. The van der Waals surface area contributed by atoms with Crippen molar-refractivity contribution in [1.29, 1.82) is 0 Å². The van der Waals surface area contributed by atoms with Gasteiger partial charge in [0.05, 0.1) is 22.4 Å². The number of fused-ring (bicyclic) bond motifs is 4. The summed E-state index contributed by atoms with van der Waals surface area (Å²) in [6.07, 6.45) is 0. The van der Waals surface area contributed by atoms with Crippen molar-refractivity contribution in [3.05, 3.63) is 108 Å². The number of hydrogen-bond donors (Lipinski definition) is 1. The van der Waals surface area contributed by atoms with Crippen molar-refractivity contribution in [3.8, 4) is 28.0 Å². The molecule has 2 heterocycles. The normalized spacial score (nSPS) is 11.4. The van der Waals surface area contributed by atoms with Crippen LogP contribution in [0.15, 0.2) is 106 Å². The van der Waals surface area contributed by atoms with Crippen LogP contribution >= 0.6 is 0 Å². The molecule has 0 aliphatic heterocycles. The number of anilines is 1. The lowest BCUT2D eigenvalue weighted by molar-refractivity contribution is -0.120. The Morgan fingerprint density at radius 2 is 1.42 bits per heavy atom. The Balaban J connectivity index is 1.68. The zero-order valence-corrected chi connectivity index (χ0v) is 28.5. The van der Waals surface area contributed by atoms with Crippen molar-refractivity contribution in [2.45, 2.75) is 27.7 Å². The molecule has 0 amide bonds. The topological polar surface area (TPSA) is 94.3 Å². The van der Waals surface area contributed by atoms with E-state index in [9.17, 15) is 14.7 Å². The van der Waals surface area contributed by atoms with Gasteiger partial charge in [0, 0.05) is 58.4 Å². The van der Waals surface area contributed by atoms with Gasteiger partial charge < -0.3 is 19.2 Å². The predicted octanol–water partition coefficient (Wildman–Crippen LogP) is 8.99. The first-order valence-electron chi connectivity index (χ1n) is 17.0. The van der Waals surface area contributed by atoms with E-state index in [1.807, 2.05) is 66.7 Å². The Labute approximate surface area is 289 Å². The molecule has 50 heavy (non-hydrogen) atoms. The van der Waals surface area contributed by atoms with Crippen LogP contribution in [-0.4, -0.2) is 43.7 Å². The van der Waals surface area contributed by atoms with Crippen LogP contribution in [-0.2, 0) is 4.79 Å². The summed E-state index contributed by atoms with van der Waals surface area (Å²) in [6, 6.07) is 30.6. The molecule has 1 N–H and O–H groups in total. The minimum atomic E-state index is -1.02. The van der Waals surface area contributed by atoms with Gasteiger partial charge in [-0.05, 0) is 69.7 Å². The maximum absolute atomic E-state index is 12.6. The first kappa shape index (κ1) is 32.5. The molecule has 5 aromatic carbocycles. The molecule has 0 saturated heterocycles. The monoisotopic (exact) mass is 666 g/mol. The summed E-state index contributed by atoms with van der Waals surface area (Å²) in [4.78, 5) is 26.5. The molecule has 0 fully saturated rings. The van der Waals surface area contributed by atoms with Crippen molar-refractivity contribution in [1.82, 2.24) is 4.58 Å². The van der Waals surface area contributed by atoms with Gasteiger partial charge in [-0.3, -0.25) is 4.79 Å². The Hall–Kier alpha value is -6.02. The smallest absolute Gasteiger partial charge is 0.368 e. The van der Waals surface area contributed by atoms with Crippen LogP contribution in [0.2, 0.25) is 0 Å². The Morgan fingerprint density at radius 3 is 2.14 bits per heavy atom. The van der Waals surface area contributed by atoms with Crippen LogP contribution in [0.5, 0.6) is 5.75 Å². The number of nitrogens with zero attached hydrogens (tertiary/aromatic N) is 2. The predicted molar refractivity (Wildman–Crippen MR) is 200 cm³/mol. The van der Waals surface area contributed by atoms with Crippen molar-refractivity contribution < 1.29 is 28.3 Å². The summed E-state index contributed by atoms with van der Waals surface area (Å²) in [5.41, 5.74) is 6.48. The number of rotatable bonds is 10. The van der Waals surface area contributed by atoms with Gasteiger partial charge in [-0.15, -0.1) is 0 Å². The van der Waals surface area contributed by atoms with E-state index in [2.05, 4.69) is 49.3 Å². The highest BCUT2D eigenvalue weighted by molar-refractivity contribution is 6.17. The van der Waals surface area contributed by atoms with E-state index >= 15 is 0 Å². The minimum Gasteiger partial charge on any atom is -0.478 e. The van der Waals surface area contributed by atoms with E-state index < -0.39 is 5.97 Å². The van der Waals surface area contributed by atoms with Gasteiger partial charge in [0.25, 0.3) is 6.47 Å². The molecule has 7 aromatic rings. The van der Waals surface area contributed by atoms with Crippen LogP contribution in [0.3, 0.4) is 0 Å². The van der Waals surface area contributed by atoms with Crippen LogP contribution in [0.1, 0.15) is 38.1 Å². The molecule has 7 rings (SSSR count). The second-order valence-electron chi connectivity index (χ2n) is 12.1. The Kier molecular flexibility index (Phi) is 8.76. The molecule has 0 atom stereocenters. The molecule has 8 nitrogen and oxygen atoms in total. The number of para-hydroxylation sites is 1. The van der Waals surface area contributed by atoms with Gasteiger partial charge in [-0.1, -0.05) is 36.4 Å². The minimum absolute atomic E-state index is 0.186. The first-order valence-corrected chi connectivity index (χ1v) is 17.0. The molecule has 0 aliphatic carbocycles. The summed E-state index contributed by atoms with van der Waals surface area (Å²) in [7, 11) is 0. The fraction of sp³-hybridized carbons (Fsp3) is 0.190. The van der Waals surface area contributed by atoms with Crippen molar-refractivity contribution >= 4 is 62.0 Å². The molecule has 0 aliphatic rings. The van der Waals surface area contributed by atoms with E-state index in [4.69, 9.17) is 13.6 Å². The zero-order chi connectivity index (χ0) is 34.9. The molecule has 0 spiro atoms. The van der Waals surface area contributed by atoms with E-state index in [1.54, 1.807) is 18.2 Å². The lowest BCUT2D eigenvalue weighted by Crippen LogP contribution is -2.29. The highest BCUT2D eigenvalue weighted by Gasteiger charge is 2.27. The van der Waals surface area contributed by atoms with Gasteiger partial charge in [-0.25, -0.2) is 13.8 Å². The third kappa shape index (κ3) is 5.52. The van der Waals surface area contributed by atoms with Crippen molar-refractivity contribution in [3.63, 3.8) is 0 Å². The van der Waals surface area contributed by atoms with Gasteiger partial charge in [-0.2, -0.15) is 0 Å². The molecule has 0 saturated carbocycles. The number of carbonyl (C=O) groups is 2. The summed E-state index contributed by atoms with van der Waals surface area (Å²) in [6.45, 7) is 12.2. The average Bonchev–Trinajstić information content (AvgIpc) is 3.13. The van der Waals surface area contributed by atoms with E-state index in [0.717, 1.165) is 75.5 Å². The van der Waals surface area contributed by atoms with Crippen LogP contribution < -0.4 is 19.6 Å². The molecule has 0 bridgehead atoms. The molecule has 0 radical (unpaired) electrons. The fourth-order valence-corrected chi connectivity index (χ4v) is 7.12. The standard InChI is InChI=1S/C42H37N2O6/c1-5-43(6-2)26-17-19-31-36(21-26)49-38-24-39-34(23-33(38)40(31)28-13-9-10-14-29(28)42(46)47)41(30-15-11-12-16-35(30)48-25-45)32-20-18-27(22-37(32)50-39)44(7-3)8-4/h9-25H,5-8H2,1-4H3/q+1/p+1. The fourth-order valence-electron chi connectivity index (χ4n) is 7.12. The Morgan fingerprint density at radius 1 is 0.760 bits per heavy atom. The number of hydrogen-bond acceptors (Lipinski definition) is 5. The van der Waals surface area contributed by atoms with E-state index in [-0.39, 0.29) is 5.56 Å². The molecular formula is C42H38N2O6+2. The van der Waals surface area contributed by atoms with E-state index in [0.29, 0.717) is 40.1 Å². The third-order valence-electron chi connectivity index (χ3n) is 9.54. The molecule has 0 unspecified atom stereocenters. The lowest BCUT2D eigenvalue weighted by atomic mass is 9.91. The number of ether oxygens (including phenoxy) is 1. The van der Waals surface area contributed by atoms with Gasteiger partial charge in [0.2, 0.25) is 5.36 Å². The summed E-state index contributed by atoms with van der Waals surface area (Å²) in [5.74, 6) is -0.610. The zero-order valence-electron chi connectivity index (χ0n) is 28.5. The van der Waals surface area contributed by atoms with Gasteiger partial charge in [0.1, 0.15) is 36.1 Å². The van der Waals surface area contributed by atoms with E-state index in [1.165, 1.54) is 0 Å². The maximum Gasteiger partial charge on any atom is 0.368 e. The van der Waals surface area contributed by atoms with Gasteiger partial charge >= 0.3 is 17.1 Å². The lowest BCUT2D eigenvalue weighted by Gasteiger charge is -2.22. The molecule has 250 valence electrons. The maximum atomic E-state index is 12.6. The van der Waals surface area contributed by atoms with Crippen molar-refractivity contribution in [2.24, 2.45) is 0 Å². The average molecular weight is 667 g/mol. The molecule has 8 heteroatoms. The number of carbonyl (C=O) groups excluding carboxylic acids is 1. The SMILES string of the molecule is CCN(CC)c1ccc2c(-c3ccccc3OC=O)c3cc4c(-c5ccccc5C(=O)O)c5ccc(=[N+](CC)CC)cc5[o+]c4cc3oc2c1. The van der Waals surface area contributed by atoms with Crippen LogP contribution in [0, 0.1) is 0 Å². The number of carboxylic acid groups (broad SMARTS) is 1. The van der Waals surface area contributed by atoms with Crippen LogP contribution in [0.25, 0.3) is 66.1 Å². The number of carboxylic acids is 1. The second kappa shape index (κ2) is 13.5. The highest BCUT2D eigenvalue weighted by Crippen LogP contribution is 2.45. The molecule has 2 aromatic heterocycles. The largest absolute Gasteiger partial charge is 0.478 e. The van der Waals surface area contributed by atoms with Crippen LogP contribution in [0.4, 0.5) is 5.69 Å².